The Bertz CT molecular complexity index is 300. The van der Waals surface area contributed by atoms with Crippen LogP contribution < -0.4 is 0 Å². The van der Waals surface area contributed by atoms with Crippen molar-refractivity contribution >= 4 is 18.7 Å². The fourth-order valence-electron chi connectivity index (χ4n) is 2.01. The van der Waals surface area contributed by atoms with Gasteiger partial charge in [-0.25, -0.2) is 4.79 Å². The van der Waals surface area contributed by atoms with E-state index < -0.39 is 0 Å². The van der Waals surface area contributed by atoms with Crippen molar-refractivity contribution in [1.29, 1.82) is 0 Å². The molecule has 6 nitrogen and oxygen atoms in total. The Morgan fingerprint density at radius 1 is 0.852 bits per heavy atom. The summed E-state index contributed by atoms with van der Waals surface area (Å²) in [6.45, 7) is 15.4. The van der Waals surface area contributed by atoms with E-state index in [1.807, 2.05) is 13.8 Å². The van der Waals surface area contributed by atoms with Crippen LogP contribution in [0.1, 0.15) is 60.3 Å². The van der Waals surface area contributed by atoms with Crippen molar-refractivity contribution in [1.82, 2.24) is 4.90 Å². The molecule has 1 aliphatic rings. The van der Waals surface area contributed by atoms with E-state index >= 15 is 0 Å². The summed E-state index contributed by atoms with van der Waals surface area (Å²) in [7, 11) is 0. The van der Waals surface area contributed by atoms with E-state index in [0.717, 1.165) is 39.0 Å². The van der Waals surface area contributed by atoms with E-state index in [2.05, 4.69) is 33.4 Å². The summed E-state index contributed by atoms with van der Waals surface area (Å²) in [4.78, 5) is 13.5. The number of hydrogen-bond acceptors (Lipinski definition) is 6. The van der Waals surface area contributed by atoms with Crippen molar-refractivity contribution in [2.24, 2.45) is 0 Å². The van der Waals surface area contributed by atoms with Gasteiger partial charge in [0, 0.05) is 24.9 Å². The second kappa shape index (κ2) is 23.5. The van der Waals surface area contributed by atoms with Gasteiger partial charge in [-0.3, -0.25) is 0 Å². The molecule has 0 spiro atoms. The SMILES string of the molecule is CC.CCC.CCCOCCOCCOCCOC(=O)N1CCC(S)CC1. The lowest BCUT2D eigenvalue weighted by Gasteiger charge is -2.28. The Morgan fingerprint density at radius 2 is 1.26 bits per heavy atom. The summed E-state index contributed by atoms with van der Waals surface area (Å²) in [5.74, 6) is 0. The van der Waals surface area contributed by atoms with Crippen LogP contribution in [0.4, 0.5) is 4.79 Å². The van der Waals surface area contributed by atoms with Crippen LogP contribution in [0.3, 0.4) is 0 Å². The predicted octanol–water partition coefficient (Wildman–Crippen LogP) is 4.42. The lowest BCUT2D eigenvalue weighted by Crippen LogP contribution is -2.39. The van der Waals surface area contributed by atoms with E-state index in [1.54, 1.807) is 4.90 Å². The average molecular weight is 410 g/mol. The maximum absolute atomic E-state index is 11.7. The number of ether oxygens (including phenoxy) is 4. The zero-order chi connectivity index (χ0) is 20.8. The topological polar surface area (TPSA) is 57.2 Å². The van der Waals surface area contributed by atoms with Crippen molar-refractivity contribution in [2.45, 2.75) is 65.6 Å². The van der Waals surface area contributed by atoms with Gasteiger partial charge in [-0.15, -0.1) is 0 Å². The van der Waals surface area contributed by atoms with Crippen LogP contribution in [0.5, 0.6) is 0 Å². The number of likely N-dealkylation sites (tertiary alicyclic amines) is 1. The van der Waals surface area contributed by atoms with E-state index in [-0.39, 0.29) is 12.7 Å². The quantitative estimate of drug-likeness (QED) is 0.404. The molecule has 0 saturated carbocycles. The first kappa shape index (κ1) is 28.7. The van der Waals surface area contributed by atoms with Crippen LogP contribution in [0.15, 0.2) is 0 Å². The number of piperidine rings is 1. The molecule has 164 valence electrons. The van der Waals surface area contributed by atoms with Crippen molar-refractivity contribution in [2.75, 3.05) is 59.3 Å². The summed E-state index contributed by atoms with van der Waals surface area (Å²) in [6, 6.07) is 0. The molecule has 0 aromatic carbocycles. The second-order valence-corrected chi connectivity index (χ2v) is 6.61. The molecule has 1 saturated heterocycles. The Hall–Kier alpha value is -0.500. The Morgan fingerprint density at radius 3 is 1.70 bits per heavy atom. The number of nitrogens with zero attached hydrogens (tertiary/aromatic N) is 1. The zero-order valence-electron chi connectivity index (χ0n) is 18.2. The minimum absolute atomic E-state index is 0.256. The monoisotopic (exact) mass is 409 g/mol. The van der Waals surface area contributed by atoms with Crippen LogP contribution in [0.25, 0.3) is 0 Å². The molecule has 27 heavy (non-hydrogen) atoms. The van der Waals surface area contributed by atoms with Crippen molar-refractivity contribution < 1.29 is 23.7 Å². The van der Waals surface area contributed by atoms with Gasteiger partial charge in [-0.1, -0.05) is 41.0 Å². The van der Waals surface area contributed by atoms with Crippen molar-refractivity contribution in [3.05, 3.63) is 0 Å². The molecular formula is C20H43NO5S. The van der Waals surface area contributed by atoms with Gasteiger partial charge in [0.1, 0.15) is 6.61 Å². The molecule has 0 atom stereocenters. The molecular weight excluding hydrogens is 366 g/mol. The highest BCUT2D eigenvalue weighted by atomic mass is 32.1. The number of rotatable bonds is 11. The van der Waals surface area contributed by atoms with Crippen molar-refractivity contribution in [3.63, 3.8) is 0 Å². The second-order valence-electron chi connectivity index (χ2n) is 5.88. The first-order chi connectivity index (χ1) is 13.2. The van der Waals surface area contributed by atoms with E-state index in [4.69, 9.17) is 18.9 Å². The summed E-state index contributed by atoms with van der Waals surface area (Å²) in [5, 5.41) is 0.403. The van der Waals surface area contributed by atoms with Gasteiger partial charge in [0.15, 0.2) is 0 Å². The maximum Gasteiger partial charge on any atom is 0.409 e. The maximum atomic E-state index is 11.7. The predicted molar refractivity (Wildman–Crippen MR) is 115 cm³/mol. The number of hydrogen-bond donors (Lipinski definition) is 1. The van der Waals surface area contributed by atoms with Gasteiger partial charge in [-0.2, -0.15) is 12.6 Å². The molecule has 0 aromatic heterocycles. The third-order valence-corrected chi connectivity index (χ3v) is 3.78. The van der Waals surface area contributed by atoms with Crippen LogP contribution in [0.2, 0.25) is 0 Å². The van der Waals surface area contributed by atoms with Gasteiger partial charge in [0.05, 0.1) is 33.0 Å². The first-order valence-electron chi connectivity index (χ1n) is 10.5. The molecule has 0 bridgehead atoms. The molecule has 1 heterocycles. The molecule has 1 fully saturated rings. The minimum Gasteiger partial charge on any atom is -0.447 e. The molecule has 0 aromatic rings. The van der Waals surface area contributed by atoms with Gasteiger partial charge < -0.3 is 23.8 Å². The molecule has 0 unspecified atom stereocenters. The lowest BCUT2D eigenvalue weighted by atomic mass is 10.1. The molecule has 0 radical (unpaired) electrons. The minimum atomic E-state index is -0.256. The van der Waals surface area contributed by atoms with Gasteiger partial charge in [0.25, 0.3) is 0 Å². The highest BCUT2D eigenvalue weighted by molar-refractivity contribution is 7.80. The van der Waals surface area contributed by atoms with Crippen molar-refractivity contribution in [3.8, 4) is 0 Å². The van der Waals surface area contributed by atoms with Gasteiger partial charge in [0.2, 0.25) is 0 Å². The smallest absolute Gasteiger partial charge is 0.409 e. The fourth-order valence-corrected chi connectivity index (χ4v) is 2.24. The molecule has 1 amide bonds. The summed E-state index contributed by atoms with van der Waals surface area (Å²) in [5.41, 5.74) is 0. The molecule has 7 heteroatoms. The normalized spacial score (nSPS) is 13.9. The fraction of sp³-hybridized carbons (Fsp3) is 0.950. The van der Waals surface area contributed by atoms with Crippen LogP contribution in [-0.4, -0.2) is 75.6 Å². The summed E-state index contributed by atoms with van der Waals surface area (Å²) < 4.78 is 21.1. The third kappa shape index (κ3) is 20.1. The number of amides is 1. The highest BCUT2D eigenvalue weighted by Gasteiger charge is 2.21. The molecule has 0 aliphatic carbocycles. The van der Waals surface area contributed by atoms with Gasteiger partial charge >= 0.3 is 6.09 Å². The first-order valence-corrected chi connectivity index (χ1v) is 11.0. The Balaban J connectivity index is 0. The average Bonchev–Trinajstić information content (AvgIpc) is 2.68. The number of thiol groups is 1. The summed E-state index contributed by atoms with van der Waals surface area (Å²) >= 11 is 4.40. The van der Waals surface area contributed by atoms with Crippen LogP contribution in [0, 0.1) is 0 Å². The molecule has 1 aliphatic heterocycles. The van der Waals surface area contributed by atoms with E-state index in [0.29, 0.717) is 38.3 Å². The lowest BCUT2D eigenvalue weighted by molar-refractivity contribution is 0.00278. The number of carbonyl (C=O) groups is 1. The Kier molecular flexibility index (Phi) is 25.0. The third-order valence-electron chi connectivity index (χ3n) is 3.27. The largest absolute Gasteiger partial charge is 0.447 e. The van der Waals surface area contributed by atoms with Crippen LogP contribution in [-0.2, 0) is 18.9 Å². The van der Waals surface area contributed by atoms with Crippen LogP contribution >= 0.6 is 12.6 Å². The molecule has 1 rings (SSSR count). The van der Waals surface area contributed by atoms with E-state index in [1.165, 1.54) is 6.42 Å². The van der Waals surface area contributed by atoms with E-state index in [9.17, 15) is 4.79 Å². The Labute approximate surface area is 172 Å². The van der Waals surface area contributed by atoms with Gasteiger partial charge in [-0.05, 0) is 19.3 Å². The zero-order valence-corrected chi connectivity index (χ0v) is 19.1. The standard InChI is InChI=1S/C15H29NO5S.C3H8.C2H6/c1-2-7-18-8-9-19-10-11-20-12-13-21-15(17)16-5-3-14(22)4-6-16;1-3-2;1-2/h14,22H,2-13H2,1H3;3H2,1-2H3;1-2H3. The highest BCUT2D eigenvalue weighted by Crippen LogP contribution is 2.15. The number of carbonyl (C=O) groups excluding carboxylic acids is 1. The molecule has 0 N–H and O–H groups in total. The summed E-state index contributed by atoms with van der Waals surface area (Å²) in [6.07, 6.45) is 3.87.